The molecule has 5 rings (SSSR count). The van der Waals surface area contributed by atoms with Crippen LogP contribution in [0.1, 0.15) is 0 Å². The van der Waals surface area contributed by atoms with Crippen LogP contribution < -0.4 is 0 Å². The summed E-state index contributed by atoms with van der Waals surface area (Å²) in [6.07, 6.45) is 0. The number of hydrogen-bond acceptors (Lipinski definition) is 0. The molecule has 0 saturated heterocycles. The molecule has 0 unspecified atom stereocenters. The van der Waals surface area contributed by atoms with E-state index in [1.807, 2.05) is 30.3 Å². The first-order valence-corrected chi connectivity index (χ1v) is 16.3. The normalized spacial score (nSPS) is 8.69. The van der Waals surface area contributed by atoms with Gasteiger partial charge in [-0.1, -0.05) is 18.7 Å². The van der Waals surface area contributed by atoms with Crippen molar-refractivity contribution in [2.45, 2.75) is 6.55 Å². The average molecular weight is 513 g/mol. The quantitative estimate of drug-likeness (QED) is 0.145. The number of rotatable bonds is 0. The second-order valence-corrected chi connectivity index (χ2v) is 9.19. The van der Waals surface area contributed by atoms with Crippen LogP contribution in [0.3, 0.4) is 0 Å². The van der Waals surface area contributed by atoms with E-state index in [1.165, 1.54) is 21.5 Å². The Labute approximate surface area is 196 Å². The Morgan fingerprint density at radius 1 is 0.655 bits per heavy atom. The minimum absolute atomic E-state index is 0.826. The van der Waals surface area contributed by atoms with E-state index in [0.717, 1.165) is 0 Å². The van der Waals surface area contributed by atoms with E-state index in [1.54, 1.807) is 6.55 Å². The van der Waals surface area contributed by atoms with Crippen LogP contribution in [0.15, 0.2) is 115 Å². The van der Waals surface area contributed by atoms with Gasteiger partial charge in [0.05, 0.1) is 0 Å². The summed E-state index contributed by atoms with van der Waals surface area (Å²) in [5.74, 6) is 0. The molecule has 4 heteroatoms. The first-order chi connectivity index (χ1) is 14.3. The first kappa shape index (κ1) is 25.6. The minimum atomic E-state index is -0.826. The fraction of sp³-hybridized carbons (Fsp3) is 0.0400. The molecule has 3 radical (unpaired) electrons. The van der Waals surface area contributed by atoms with Crippen LogP contribution in [0.25, 0.3) is 21.5 Å². The van der Waals surface area contributed by atoms with Gasteiger partial charge in [0.2, 0.25) is 0 Å². The largest absolute Gasteiger partial charge is 0.184 e. The van der Waals surface area contributed by atoms with Gasteiger partial charge in [-0.25, -0.2) is 0 Å². The molecule has 29 heavy (non-hydrogen) atoms. The summed E-state index contributed by atoms with van der Waals surface area (Å²) in [7, 11) is 12.8. The van der Waals surface area contributed by atoms with Crippen molar-refractivity contribution in [2.24, 2.45) is 0 Å². The molecule has 0 N–H and O–H groups in total. The zero-order chi connectivity index (χ0) is 21.2. The SMILES string of the molecule is C[Si].[Cl][Zr][Cl].[c-]1ccccc1.c1ccc2[cH-]ccc2c1.c1ccc2[cH-]ccc2c1. The van der Waals surface area contributed by atoms with E-state index in [9.17, 15) is 0 Å². The van der Waals surface area contributed by atoms with E-state index < -0.39 is 20.8 Å². The van der Waals surface area contributed by atoms with Crippen molar-refractivity contribution in [1.82, 2.24) is 0 Å². The zero-order valence-electron chi connectivity index (χ0n) is 16.2. The number of fused-ring (bicyclic) bond motifs is 2. The van der Waals surface area contributed by atoms with E-state index >= 15 is 0 Å². The number of benzene rings is 3. The van der Waals surface area contributed by atoms with Crippen molar-refractivity contribution in [3.8, 4) is 0 Å². The Balaban J connectivity index is 0.000000199. The maximum absolute atomic E-state index is 4.93. The Kier molecular flexibility index (Phi) is 15.4. The summed E-state index contributed by atoms with van der Waals surface area (Å²) in [4.78, 5) is 0. The predicted molar refractivity (Wildman–Crippen MR) is 128 cm³/mol. The summed E-state index contributed by atoms with van der Waals surface area (Å²) in [6, 6.07) is 41.8. The molecule has 0 amide bonds. The smallest absolute Gasteiger partial charge is 0.0809 e. The van der Waals surface area contributed by atoms with Crippen LogP contribution in [-0.2, 0) is 20.8 Å². The Hall–Kier alpha value is -1.44. The van der Waals surface area contributed by atoms with Gasteiger partial charge in [0.15, 0.2) is 0 Å². The summed E-state index contributed by atoms with van der Waals surface area (Å²) in [6.45, 7) is 1.81. The van der Waals surface area contributed by atoms with Crippen molar-refractivity contribution in [1.29, 1.82) is 0 Å². The molecule has 0 aliphatic heterocycles. The fourth-order valence-electron chi connectivity index (χ4n) is 2.48. The fourth-order valence-corrected chi connectivity index (χ4v) is 2.48. The summed E-state index contributed by atoms with van der Waals surface area (Å²) in [5.41, 5.74) is 0. The van der Waals surface area contributed by atoms with Crippen molar-refractivity contribution < 1.29 is 20.8 Å². The first-order valence-electron chi connectivity index (χ1n) is 8.93. The molecule has 0 nitrogen and oxygen atoms in total. The Morgan fingerprint density at radius 3 is 1.38 bits per heavy atom. The maximum atomic E-state index is 4.93. The van der Waals surface area contributed by atoms with Gasteiger partial charge >= 0.3 is 37.9 Å². The molecule has 5 aromatic rings. The minimum Gasteiger partial charge on any atom is -0.184 e. The van der Waals surface area contributed by atoms with E-state index in [-0.39, 0.29) is 0 Å². The van der Waals surface area contributed by atoms with Crippen LogP contribution in [0.2, 0.25) is 6.55 Å². The Bertz CT molecular complexity index is 840. The van der Waals surface area contributed by atoms with Crippen LogP contribution >= 0.6 is 17.0 Å². The molecule has 0 aromatic heterocycles. The van der Waals surface area contributed by atoms with E-state index in [0.29, 0.717) is 0 Å². The van der Waals surface area contributed by atoms with E-state index in [4.69, 9.17) is 17.0 Å². The topological polar surface area (TPSA) is 0 Å². The molecular formula is C25H22Cl2SiZr-3. The third-order valence-electron chi connectivity index (χ3n) is 3.70. The standard InChI is InChI=1S/2C9H7.C6H5.CH3Si.2ClH.Zr/c2*1-2-5-9-7-3-6-8(9)4-1;1-2-4-6-5-3-1;1-2;;;/h2*1-7H;1-5H;1H3;2*1H;/q3*-1;;;;+2/p-2. The second kappa shape index (κ2) is 17.4. The van der Waals surface area contributed by atoms with Gasteiger partial charge in [-0.15, -0.1) is 59.3 Å². The van der Waals surface area contributed by atoms with Crippen molar-refractivity contribution in [2.75, 3.05) is 0 Å². The van der Waals surface area contributed by atoms with Crippen LogP contribution in [-0.4, -0.2) is 10.2 Å². The van der Waals surface area contributed by atoms with E-state index in [2.05, 4.69) is 101 Å². The van der Waals surface area contributed by atoms with Gasteiger partial charge in [-0.2, -0.15) is 71.4 Å². The van der Waals surface area contributed by atoms with Gasteiger partial charge in [-0.3, -0.25) is 0 Å². The van der Waals surface area contributed by atoms with Crippen molar-refractivity contribution >= 4 is 48.8 Å². The molecule has 0 saturated carbocycles. The Morgan fingerprint density at radius 2 is 1.07 bits per heavy atom. The maximum Gasteiger partial charge on any atom is -0.0809 e. The third kappa shape index (κ3) is 10.8. The summed E-state index contributed by atoms with van der Waals surface area (Å²) >= 11 is -0.826. The van der Waals surface area contributed by atoms with Crippen molar-refractivity contribution in [3.05, 3.63) is 121 Å². The molecule has 0 aliphatic rings. The van der Waals surface area contributed by atoms with Gasteiger partial charge in [0, 0.05) is 10.2 Å². The molecule has 0 atom stereocenters. The number of hydrogen-bond donors (Lipinski definition) is 0. The molecule has 147 valence electrons. The van der Waals surface area contributed by atoms with Crippen LogP contribution in [0.4, 0.5) is 0 Å². The van der Waals surface area contributed by atoms with Gasteiger partial charge < -0.3 is 0 Å². The van der Waals surface area contributed by atoms with Gasteiger partial charge in [0.1, 0.15) is 0 Å². The molecule has 0 bridgehead atoms. The monoisotopic (exact) mass is 510 g/mol. The summed E-state index contributed by atoms with van der Waals surface area (Å²) in [5, 5.41) is 5.32. The predicted octanol–water partition coefficient (Wildman–Crippen LogP) is 8.18. The average Bonchev–Trinajstić information content (AvgIpc) is 3.47. The zero-order valence-corrected chi connectivity index (χ0v) is 21.2. The molecule has 0 heterocycles. The van der Waals surface area contributed by atoms with Crippen molar-refractivity contribution in [3.63, 3.8) is 0 Å². The number of halogens is 2. The van der Waals surface area contributed by atoms with Crippen LogP contribution in [0.5, 0.6) is 0 Å². The third-order valence-corrected chi connectivity index (χ3v) is 3.70. The molecule has 0 spiro atoms. The van der Waals surface area contributed by atoms with Gasteiger partial charge in [0.25, 0.3) is 0 Å². The van der Waals surface area contributed by atoms with Gasteiger partial charge in [-0.05, 0) is 0 Å². The molecule has 0 fully saturated rings. The molecular weight excluding hydrogens is 490 g/mol. The second-order valence-electron chi connectivity index (χ2n) is 5.46. The van der Waals surface area contributed by atoms with Crippen LogP contribution in [0, 0.1) is 6.07 Å². The molecule has 5 aromatic carbocycles. The molecule has 0 aliphatic carbocycles. The summed E-state index contributed by atoms with van der Waals surface area (Å²) < 4.78 is 0.